The fourth-order valence-corrected chi connectivity index (χ4v) is 1.49. The number of benzene rings is 1. The molecule has 5 heteroatoms. The fourth-order valence-electron chi connectivity index (χ4n) is 1.49. The molecule has 0 aliphatic heterocycles. The zero-order valence-corrected chi connectivity index (χ0v) is 10.8. The molecule has 19 heavy (non-hydrogen) atoms. The summed E-state index contributed by atoms with van der Waals surface area (Å²) in [6.07, 6.45) is 1.63. The summed E-state index contributed by atoms with van der Waals surface area (Å²) in [5.74, 6) is -0.955. The smallest absolute Gasteiger partial charge is 0.322 e. The Bertz CT molecular complexity index is 470. The second-order valence-electron chi connectivity index (χ2n) is 3.97. The maximum absolute atomic E-state index is 11.6. The highest BCUT2D eigenvalue weighted by atomic mass is 16.5. The Morgan fingerprint density at radius 1 is 1.47 bits per heavy atom. The van der Waals surface area contributed by atoms with E-state index in [4.69, 9.17) is 9.84 Å². The molecule has 1 rings (SSSR count). The molecule has 1 aromatic carbocycles. The molecule has 0 heterocycles. The summed E-state index contributed by atoms with van der Waals surface area (Å²) in [6.45, 7) is 4.82. The number of nitrogens with one attached hydrogen (secondary N) is 1. The van der Waals surface area contributed by atoms with Crippen LogP contribution in [0.1, 0.15) is 12.5 Å². The van der Waals surface area contributed by atoms with E-state index in [0.717, 1.165) is 5.56 Å². The Kier molecular flexibility index (Phi) is 5.60. The Balaban J connectivity index is 2.65. The number of hydrogen-bond donors (Lipinski definition) is 2. The van der Waals surface area contributed by atoms with Crippen LogP contribution >= 0.6 is 0 Å². The van der Waals surface area contributed by atoms with Crippen LogP contribution in [0.25, 0.3) is 0 Å². The van der Waals surface area contributed by atoms with Crippen molar-refractivity contribution < 1.29 is 19.4 Å². The molecule has 1 aromatic rings. The molecule has 5 nitrogen and oxygen atoms in total. The Hall–Kier alpha value is -2.30. The first-order valence-corrected chi connectivity index (χ1v) is 5.89. The van der Waals surface area contributed by atoms with Gasteiger partial charge in [0.25, 0.3) is 5.91 Å². The molecule has 2 N–H and O–H groups in total. The van der Waals surface area contributed by atoms with Gasteiger partial charge >= 0.3 is 5.97 Å². The summed E-state index contributed by atoms with van der Waals surface area (Å²) in [6, 6.07) is 7.34. The number of carboxylic acids is 1. The molecule has 102 valence electrons. The Labute approximate surface area is 111 Å². The van der Waals surface area contributed by atoms with Crippen molar-refractivity contribution in [2.75, 3.05) is 6.54 Å². The summed E-state index contributed by atoms with van der Waals surface area (Å²) >= 11 is 0. The second-order valence-corrected chi connectivity index (χ2v) is 3.97. The van der Waals surface area contributed by atoms with Crippen molar-refractivity contribution in [2.45, 2.75) is 19.4 Å². The molecule has 0 aliphatic carbocycles. The minimum absolute atomic E-state index is 0.416. The first-order valence-electron chi connectivity index (χ1n) is 5.89. The van der Waals surface area contributed by atoms with Crippen molar-refractivity contribution in [3.8, 4) is 5.75 Å². The molecule has 0 saturated carbocycles. The van der Waals surface area contributed by atoms with Crippen LogP contribution in [0.4, 0.5) is 0 Å². The minimum atomic E-state index is -1.09. The molecule has 0 saturated heterocycles. The van der Waals surface area contributed by atoms with Gasteiger partial charge in [0, 0.05) is 0 Å². The van der Waals surface area contributed by atoms with Crippen LogP contribution in [0.2, 0.25) is 0 Å². The van der Waals surface area contributed by atoms with E-state index in [1.807, 2.05) is 18.2 Å². The molecule has 0 radical (unpaired) electrons. The average Bonchev–Trinajstić information content (AvgIpc) is 2.38. The van der Waals surface area contributed by atoms with Gasteiger partial charge in [0.05, 0.1) is 0 Å². The van der Waals surface area contributed by atoms with Crippen LogP contribution < -0.4 is 10.1 Å². The topological polar surface area (TPSA) is 75.6 Å². The van der Waals surface area contributed by atoms with E-state index < -0.39 is 24.5 Å². The Morgan fingerprint density at radius 2 is 2.16 bits per heavy atom. The molecule has 0 aromatic heterocycles. The van der Waals surface area contributed by atoms with Crippen LogP contribution in [0.15, 0.2) is 36.9 Å². The first-order chi connectivity index (χ1) is 9.04. The zero-order valence-electron chi connectivity index (χ0n) is 10.8. The zero-order chi connectivity index (χ0) is 14.3. The molecular formula is C14H17NO4. The number of allylic oxidation sites excluding steroid dienone is 1. The van der Waals surface area contributed by atoms with Crippen LogP contribution in [-0.2, 0) is 16.0 Å². The van der Waals surface area contributed by atoms with E-state index in [2.05, 4.69) is 11.9 Å². The van der Waals surface area contributed by atoms with Gasteiger partial charge < -0.3 is 15.2 Å². The highest BCUT2D eigenvalue weighted by Gasteiger charge is 2.16. The minimum Gasteiger partial charge on any atom is -0.481 e. The van der Waals surface area contributed by atoms with Crippen LogP contribution in [0, 0.1) is 0 Å². The van der Waals surface area contributed by atoms with Crippen LogP contribution in [0.3, 0.4) is 0 Å². The van der Waals surface area contributed by atoms with Gasteiger partial charge in [-0.05, 0) is 25.0 Å². The average molecular weight is 263 g/mol. The van der Waals surface area contributed by atoms with Gasteiger partial charge in [-0.1, -0.05) is 24.3 Å². The SMILES string of the molecule is C=CCc1ccccc1OC(C)C(=O)NCC(=O)O. The molecule has 0 fully saturated rings. The maximum atomic E-state index is 11.6. The van der Waals surface area contributed by atoms with Gasteiger partial charge in [0.1, 0.15) is 12.3 Å². The quantitative estimate of drug-likeness (QED) is 0.729. The molecule has 0 aliphatic rings. The largest absolute Gasteiger partial charge is 0.481 e. The lowest BCUT2D eigenvalue weighted by atomic mass is 10.1. The number of aliphatic carboxylic acids is 1. The van der Waals surface area contributed by atoms with Crippen molar-refractivity contribution in [3.05, 3.63) is 42.5 Å². The number of rotatable bonds is 7. The summed E-state index contributed by atoms with van der Waals surface area (Å²) in [7, 11) is 0. The number of amides is 1. The molecule has 1 amide bonds. The van der Waals surface area contributed by atoms with Gasteiger partial charge in [-0.2, -0.15) is 0 Å². The molecule has 1 unspecified atom stereocenters. The molecular weight excluding hydrogens is 246 g/mol. The highest BCUT2D eigenvalue weighted by molar-refractivity contribution is 5.84. The number of ether oxygens (including phenoxy) is 1. The van der Waals surface area contributed by atoms with Crippen LogP contribution in [0.5, 0.6) is 5.75 Å². The number of carboxylic acid groups (broad SMARTS) is 1. The second kappa shape index (κ2) is 7.20. The lowest BCUT2D eigenvalue weighted by Crippen LogP contribution is -2.39. The van der Waals surface area contributed by atoms with Gasteiger partial charge in [0.2, 0.25) is 0 Å². The van der Waals surface area contributed by atoms with Crippen molar-refractivity contribution >= 4 is 11.9 Å². The number of carbonyl (C=O) groups excluding carboxylic acids is 1. The van der Waals surface area contributed by atoms with E-state index in [1.165, 1.54) is 0 Å². The Morgan fingerprint density at radius 3 is 2.79 bits per heavy atom. The third-order valence-electron chi connectivity index (χ3n) is 2.42. The summed E-state index contributed by atoms with van der Waals surface area (Å²) < 4.78 is 5.54. The third-order valence-corrected chi connectivity index (χ3v) is 2.42. The number of hydrogen-bond acceptors (Lipinski definition) is 3. The summed E-state index contributed by atoms with van der Waals surface area (Å²) in [4.78, 5) is 22.0. The van der Waals surface area contributed by atoms with Gasteiger partial charge in [-0.15, -0.1) is 6.58 Å². The highest BCUT2D eigenvalue weighted by Crippen LogP contribution is 2.20. The normalized spacial score (nSPS) is 11.4. The van der Waals surface area contributed by atoms with Crippen LogP contribution in [-0.4, -0.2) is 29.6 Å². The van der Waals surface area contributed by atoms with E-state index in [-0.39, 0.29) is 0 Å². The first kappa shape index (κ1) is 14.8. The summed E-state index contributed by atoms with van der Waals surface area (Å²) in [5.41, 5.74) is 0.926. The lowest BCUT2D eigenvalue weighted by Gasteiger charge is -2.16. The number of para-hydroxylation sites is 1. The van der Waals surface area contributed by atoms with E-state index in [1.54, 1.807) is 19.1 Å². The predicted octanol–water partition coefficient (Wildman–Crippen LogP) is 1.38. The predicted molar refractivity (Wildman–Crippen MR) is 71.1 cm³/mol. The number of carbonyl (C=O) groups is 2. The van der Waals surface area contributed by atoms with Crippen molar-refractivity contribution in [1.82, 2.24) is 5.32 Å². The van der Waals surface area contributed by atoms with Gasteiger partial charge in [-0.3, -0.25) is 9.59 Å². The van der Waals surface area contributed by atoms with E-state index in [0.29, 0.717) is 12.2 Å². The monoisotopic (exact) mass is 263 g/mol. The lowest BCUT2D eigenvalue weighted by molar-refractivity contribution is -0.139. The summed E-state index contributed by atoms with van der Waals surface area (Å²) in [5, 5.41) is 10.8. The maximum Gasteiger partial charge on any atom is 0.322 e. The third kappa shape index (κ3) is 4.83. The molecule has 1 atom stereocenters. The van der Waals surface area contributed by atoms with Crippen molar-refractivity contribution in [2.24, 2.45) is 0 Å². The standard InChI is InChI=1S/C14H17NO4/c1-3-6-11-7-4-5-8-12(11)19-10(2)14(18)15-9-13(16)17/h3-5,7-8,10H,1,6,9H2,2H3,(H,15,18)(H,16,17). The fraction of sp³-hybridized carbons (Fsp3) is 0.286. The van der Waals surface area contributed by atoms with Gasteiger partial charge in [0.15, 0.2) is 6.10 Å². The molecule has 0 bridgehead atoms. The molecule has 0 spiro atoms. The van der Waals surface area contributed by atoms with Gasteiger partial charge in [-0.25, -0.2) is 0 Å². The van der Waals surface area contributed by atoms with E-state index in [9.17, 15) is 9.59 Å². The van der Waals surface area contributed by atoms with Crippen molar-refractivity contribution in [1.29, 1.82) is 0 Å². The van der Waals surface area contributed by atoms with Crippen molar-refractivity contribution in [3.63, 3.8) is 0 Å². The van der Waals surface area contributed by atoms with E-state index >= 15 is 0 Å².